The van der Waals surface area contributed by atoms with E-state index < -0.39 is 23.6 Å². The number of nitrogens with one attached hydrogen (secondary N) is 2. The van der Waals surface area contributed by atoms with Crippen LogP contribution in [0.4, 0.5) is 24.5 Å². The number of anilines is 2. The molecule has 1 aliphatic heterocycles. The summed E-state index contributed by atoms with van der Waals surface area (Å²) in [6, 6.07) is 10.3. The summed E-state index contributed by atoms with van der Waals surface area (Å²) in [5, 5.41) is 3.00. The largest absolute Gasteiger partial charge is 0.402 e. The maximum Gasteiger partial charge on any atom is 0.402 e. The van der Waals surface area contributed by atoms with E-state index in [1.54, 1.807) is 12.1 Å². The van der Waals surface area contributed by atoms with Gasteiger partial charge in [-0.05, 0) is 42.0 Å². The van der Waals surface area contributed by atoms with Crippen LogP contribution in [0.3, 0.4) is 0 Å². The number of hydrogen-bond acceptors (Lipinski definition) is 3. The SMILES string of the molecule is O=c1[nH]ccc2c1Nc1ccc(Cl)cc1C2(Cc1ccccn1)C(F)(F)F. The Morgan fingerprint density at radius 3 is 2.63 bits per heavy atom. The molecule has 0 spiro atoms. The van der Waals surface area contributed by atoms with Gasteiger partial charge in [-0.3, -0.25) is 9.78 Å². The van der Waals surface area contributed by atoms with E-state index in [0.29, 0.717) is 0 Å². The Balaban J connectivity index is 2.09. The van der Waals surface area contributed by atoms with E-state index in [2.05, 4.69) is 15.3 Å². The van der Waals surface area contributed by atoms with Crippen LogP contribution >= 0.6 is 11.6 Å². The van der Waals surface area contributed by atoms with Gasteiger partial charge in [0.15, 0.2) is 0 Å². The summed E-state index contributed by atoms with van der Waals surface area (Å²) in [6.07, 6.45) is -2.49. The lowest BCUT2D eigenvalue weighted by Gasteiger charge is -2.41. The van der Waals surface area contributed by atoms with Gasteiger partial charge in [-0.25, -0.2) is 0 Å². The topological polar surface area (TPSA) is 57.8 Å². The van der Waals surface area contributed by atoms with Gasteiger partial charge in [0, 0.05) is 40.8 Å². The molecule has 8 heteroatoms. The molecule has 2 aromatic heterocycles. The number of alkyl halides is 3. The molecule has 0 fully saturated rings. The highest BCUT2D eigenvalue weighted by atomic mass is 35.5. The average molecular weight is 392 g/mol. The predicted octanol–water partition coefficient (Wildman–Crippen LogP) is 4.57. The fraction of sp³-hybridized carbons (Fsp3) is 0.158. The van der Waals surface area contributed by atoms with Gasteiger partial charge in [-0.1, -0.05) is 17.7 Å². The van der Waals surface area contributed by atoms with Gasteiger partial charge in [0.05, 0.1) is 0 Å². The first-order valence-corrected chi connectivity index (χ1v) is 8.46. The molecule has 1 aromatic carbocycles. The minimum Gasteiger partial charge on any atom is -0.351 e. The van der Waals surface area contributed by atoms with Gasteiger partial charge in [0.25, 0.3) is 5.56 Å². The molecule has 4 rings (SSSR count). The van der Waals surface area contributed by atoms with E-state index in [0.717, 1.165) is 0 Å². The van der Waals surface area contributed by atoms with Crippen LogP contribution < -0.4 is 10.9 Å². The number of pyridine rings is 2. The molecular weight excluding hydrogens is 379 g/mol. The van der Waals surface area contributed by atoms with Crippen LogP contribution in [-0.2, 0) is 11.8 Å². The van der Waals surface area contributed by atoms with Crippen LogP contribution in [0.5, 0.6) is 0 Å². The third-order valence-electron chi connectivity index (χ3n) is 4.78. The predicted molar refractivity (Wildman–Crippen MR) is 96.6 cm³/mol. The first-order valence-electron chi connectivity index (χ1n) is 8.09. The van der Waals surface area contributed by atoms with E-state index in [1.165, 1.54) is 42.7 Å². The van der Waals surface area contributed by atoms with Gasteiger partial charge in [0.1, 0.15) is 11.1 Å². The lowest BCUT2D eigenvalue weighted by molar-refractivity contribution is -0.178. The molecule has 0 radical (unpaired) electrons. The van der Waals surface area contributed by atoms with Crippen molar-refractivity contribution in [3.8, 4) is 0 Å². The Labute approximate surface area is 157 Å². The van der Waals surface area contributed by atoms with Crippen LogP contribution in [0, 0.1) is 0 Å². The Morgan fingerprint density at radius 1 is 1.11 bits per heavy atom. The van der Waals surface area contributed by atoms with Gasteiger partial charge in [-0.2, -0.15) is 13.2 Å². The van der Waals surface area contributed by atoms with E-state index in [9.17, 15) is 18.0 Å². The van der Waals surface area contributed by atoms with Gasteiger partial charge in [-0.15, -0.1) is 0 Å². The van der Waals surface area contributed by atoms with E-state index in [-0.39, 0.29) is 33.2 Å². The molecule has 0 aliphatic carbocycles. The summed E-state index contributed by atoms with van der Waals surface area (Å²) in [4.78, 5) is 18.8. The lowest BCUT2D eigenvalue weighted by atomic mass is 9.68. The molecule has 0 saturated carbocycles. The first kappa shape index (κ1) is 17.6. The maximum atomic E-state index is 14.7. The van der Waals surface area contributed by atoms with Gasteiger partial charge < -0.3 is 10.3 Å². The molecule has 1 atom stereocenters. The highest BCUT2D eigenvalue weighted by Crippen LogP contribution is 2.55. The molecule has 0 amide bonds. The second kappa shape index (κ2) is 6.13. The first-order chi connectivity index (χ1) is 12.8. The smallest absolute Gasteiger partial charge is 0.351 e. The summed E-state index contributed by atoms with van der Waals surface area (Å²) >= 11 is 6.04. The van der Waals surface area contributed by atoms with Gasteiger partial charge >= 0.3 is 6.18 Å². The Bertz CT molecular complexity index is 1070. The number of aromatic amines is 1. The monoisotopic (exact) mass is 391 g/mol. The average Bonchev–Trinajstić information content (AvgIpc) is 2.62. The molecule has 1 unspecified atom stereocenters. The summed E-state index contributed by atoms with van der Waals surface area (Å²) in [7, 11) is 0. The molecular formula is C19H13ClF3N3O. The number of H-pyrrole nitrogens is 1. The Morgan fingerprint density at radius 2 is 1.93 bits per heavy atom. The molecule has 2 N–H and O–H groups in total. The summed E-state index contributed by atoms with van der Waals surface area (Å²) in [5.41, 5.74) is -2.95. The zero-order valence-corrected chi connectivity index (χ0v) is 14.5. The Kier molecular flexibility index (Phi) is 3.99. The standard InChI is InChI=1S/C19H13ClF3N3O/c20-11-4-5-15-14(9-11)18(19(21,22)23,10-12-3-1-2-7-24-12)13-6-8-25-17(27)16(13)26-15/h1-9,26H,10H2,(H,25,27). The van der Waals surface area contributed by atoms with Crippen LogP contribution in [0.2, 0.25) is 5.02 Å². The van der Waals surface area contributed by atoms with Crippen LogP contribution in [0.25, 0.3) is 0 Å². The van der Waals surface area contributed by atoms with E-state index in [4.69, 9.17) is 11.6 Å². The minimum atomic E-state index is -4.70. The van der Waals surface area contributed by atoms with Crippen LogP contribution in [0.15, 0.2) is 59.7 Å². The van der Waals surface area contributed by atoms with E-state index >= 15 is 0 Å². The molecule has 138 valence electrons. The fourth-order valence-electron chi connectivity index (χ4n) is 3.59. The molecule has 27 heavy (non-hydrogen) atoms. The summed E-state index contributed by atoms with van der Waals surface area (Å²) in [6.45, 7) is 0. The van der Waals surface area contributed by atoms with Crippen molar-refractivity contribution in [2.75, 3.05) is 5.32 Å². The quantitative estimate of drug-likeness (QED) is 0.672. The Hall–Kier alpha value is -2.80. The maximum absolute atomic E-state index is 14.7. The number of hydrogen-bond donors (Lipinski definition) is 2. The van der Waals surface area contributed by atoms with Crippen LogP contribution in [0.1, 0.15) is 16.8 Å². The van der Waals surface area contributed by atoms with Gasteiger partial charge in [0.2, 0.25) is 0 Å². The third kappa shape index (κ3) is 2.70. The number of nitrogens with zero attached hydrogens (tertiary/aromatic N) is 1. The second-order valence-corrected chi connectivity index (χ2v) is 6.75. The highest BCUT2D eigenvalue weighted by Gasteiger charge is 2.60. The highest BCUT2D eigenvalue weighted by molar-refractivity contribution is 6.30. The second-order valence-electron chi connectivity index (χ2n) is 6.31. The van der Waals surface area contributed by atoms with Crippen molar-refractivity contribution >= 4 is 23.0 Å². The molecule has 0 bridgehead atoms. The third-order valence-corrected chi connectivity index (χ3v) is 5.01. The lowest BCUT2D eigenvalue weighted by Crippen LogP contribution is -2.49. The molecule has 4 nitrogen and oxygen atoms in total. The fourth-order valence-corrected chi connectivity index (χ4v) is 3.76. The number of fused-ring (bicyclic) bond motifs is 2. The normalized spacial score (nSPS) is 18.4. The van der Waals surface area contributed by atoms with Crippen molar-refractivity contribution < 1.29 is 13.2 Å². The van der Waals surface area contributed by atoms with Crippen molar-refractivity contribution in [3.05, 3.63) is 87.1 Å². The zero-order valence-electron chi connectivity index (χ0n) is 13.8. The number of aromatic nitrogens is 2. The van der Waals surface area contributed by atoms with Crippen molar-refractivity contribution in [1.82, 2.24) is 9.97 Å². The summed E-state index contributed by atoms with van der Waals surface area (Å²) in [5.74, 6) is 0. The van der Waals surface area contributed by atoms with Crippen LogP contribution in [-0.4, -0.2) is 16.1 Å². The number of halogens is 4. The summed E-state index contributed by atoms with van der Waals surface area (Å²) < 4.78 is 44.1. The molecule has 1 aliphatic rings. The van der Waals surface area contributed by atoms with Crippen molar-refractivity contribution in [2.45, 2.75) is 18.0 Å². The number of rotatable bonds is 2. The molecule has 3 aromatic rings. The minimum absolute atomic E-state index is 0.0359. The number of benzene rings is 1. The van der Waals surface area contributed by atoms with Crippen molar-refractivity contribution in [1.29, 1.82) is 0 Å². The zero-order chi connectivity index (χ0) is 19.2. The molecule has 0 saturated heterocycles. The van der Waals surface area contributed by atoms with Crippen molar-refractivity contribution in [2.24, 2.45) is 0 Å². The van der Waals surface area contributed by atoms with Crippen molar-refractivity contribution in [3.63, 3.8) is 0 Å². The van der Waals surface area contributed by atoms with E-state index in [1.807, 2.05) is 0 Å². The molecule has 3 heterocycles.